The quantitative estimate of drug-likeness (QED) is 0.532. The lowest BCUT2D eigenvalue weighted by Gasteiger charge is -2.45. The Hall–Kier alpha value is -1.80. The maximum absolute atomic E-state index is 14.7. The first kappa shape index (κ1) is 28.2. The molecule has 0 aliphatic carbocycles. The number of thioether (sulfide) groups is 1. The number of rotatable bonds is 6. The maximum atomic E-state index is 14.7. The van der Waals surface area contributed by atoms with Crippen molar-refractivity contribution in [1.29, 1.82) is 0 Å². The summed E-state index contributed by atoms with van der Waals surface area (Å²) in [6, 6.07) is -1.24. The normalized spacial score (nSPS) is 33.0. The Morgan fingerprint density at radius 2 is 1.73 bits per heavy atom. The van der Waals surface area contributed by atoms with E-state index >= 15 is 0 Å². The third-order valence-corrected chi connectivity index (χ3v) is 10.1. The summed E-state index contributed by atoms with van der Waals surface area (Å²) in [5.41, 5.74) is -0.429. The summed E-state index contributed by atoms with van der Waals surface area (Å²) < 4.78 is -0.849. The van der Waals surface area contributed by atoms with Gasteiger partial charge < -0.3 is 19.8 Å². The van der Waals surface area contributed by atoms with E-state index in [4.69, 9.17) is 0 Å². The van der Waals surface area contributed by atoms with Gasteiger partial charge in [0, 0.05) is 30.9 Å². The molecule has 1 spiro atoms. The summed E-state index contributed by atoms with van der Waals surface area (Å²) in [7, 11) is 1.78. The van der Waals surface area contributed by atoms with Gasteiger partial charge in [0.05, 0.1) is 29.2 Å². The zero-order valence-electron chi connectivity index (χ0n) is 23.7. The van der Waals surface area contributed by atoms with Crippen LogP contribution in [-0.4, -0.2) is 91.9 Å². The molecule has 0 aromatic carbocycles. The van der Waals surface area contributed by atoms with Gasteiger partial charge in [-0.25, -0.2) is 0 Å². The molecule has 3 amide bonds. The van der Waals surface area contributed by atoms with Crippen molar-refractivity contribution >= 4 is 29.5 Å². The molecular formula is C29H45N3O4S. The molecule has 4 heterocycles. The highest BCUT2D eigenvalue weighted by Gasteiger charge is 2.72. The van der Waals surface area contributed by atoms with Crippen molar-refractivity contribution in [2.75, 3.05) is 26.7 Å². The van der Waals surface area contributed by atoms with E-state index in [-0.39, 0.29) is 40.9 Å². The SMILES string of the molecule is CC(C)C[C@H](CO)N1C(=O)[C@@H]2[C@H]3C(=O)N(C)CC=C[C@H]3S[C@@]23C=CCN(C(C)(C)CC(C)(C)C)C(=O)C13. The summed E-state index contributed by atoms with van der Waals surface area (Å²) in [4.78, 5) is 48.0. The van der Waals surface area contributed by atoms with Crippen LogP contribution in [0.3, 0.4) is 0 Å². The number of amides is 3. The van der Waals surface area contributed by atoms with Crippen LogP contribution >= 0.6 is 11.8 Å². The second kappa shape index (κ2) is 9.74. The molecule has 2 fully saturated rings. The van der Waals surface area contributed by atoms with E-state index in [0.717, 1.165) is 6.42 Å². The molecule has 8 heteroatoms. The van der Waals surface area contributed by atoms with E-state index in [1.165, 1.54) is 0 Å². The first-order chi connectivity index (χ1) is 17.1. The van der Waals surface area contributed by atoms with Gasteiger partial charge in [-0.1, -0.05) is 58.9 Å². The largest absolute Gasteiger partial charge is 0.394 e. The highest BCUT2D eigenvalue weighted by atomic mass is 32.2. The van der Waals surface area contributed by atoms with Gasteiger partial charge in [0.2, 0.25) is 17.7 Å². The number of nitrogens with zero attached hydrogens (tertiary/aromatic N) is 3. The number of fused-ring (bicyclic) bond motifs is 2. The average molecular weight is 532 g/mol. The van der Waals surface area contributed by atoms with E-state index in [9.17, 15) is 19.5 Å². The standard InChI is InChI=1S/C29H45N3O4S/c1-18(2)15-19(16-33)32-23-26(36)31(28(6,7)17-27(3,4)5)14-10-12-29(23)22(25(32)35)21-20(37-29)11-9-13-30(8)24(21)34/h9-12,18-23,33H,13-17H2,1-8H3/t19-,20-,21+,22+,23?,29+/m1/s1. The molecule has 7 nitrogen and oxygen atoms in total. The molecule has 4 aliphatic rings. The number of aliphatic hydroxyl groups is 1. The zero-order valence-corrected chi connectivity index (χ0v) is 24.5. The zero-order chi connectivity index (χ0) is 27.5. The van der Waals surface area contributed by atoms with E-state index < -0.39 is 34.2 Å². The number of likely N-dealkylation sites (tertiary alicyclic amines) is 1. The fourth-order valence-corrected chi connectivity index (χ4v) is 9.35. The fraction of sp³-hybridized carbons (Fsp3) is 0.759. The van der Waals surface area contributed by atoms with Gasteiger partial charge in [0.25, 0.3) is 0 Å². The molecule has 2 saturated heterocycles. The molecule has 1 N–H and O–H groups in total. The summed E-state index contributed by atoms with van der Waals surface area (Å²) in [5, 5.41) is 10.3. The summed E-state index contributed by atoms with van der Waals surface area (Å²) in [6.07, 6.45) is 9.56. The van der Waals surface area contributed by atoms with Crippen LogP contribution in [0.2, 0.25) is 0 Å². The highest BCUT2D eigenvalue weighted by Crippen LogP contribution is 2.61. The molecule has 0 bridgehead atoms. The van der Waals surface area contributed by atoms with Crippen molar-refractivity contribution in [3.63, 3.8) is 0 Å². The maximum Gasteiger partial charge on any atom is 0.247 e. The Kier molecular flexibility index (Phi) is 7.43. The third kappa shape index (κ3) is 4.77. The molecule has 4 aliphatic heterocycles. The van der Waals surface area contributed by atoms with Crippen molar-refractivity contribution in [2.24, 2.45) is 23.2 Å². The topological polar surface area (TPSA) is 81.2 Å². The van der Waals surface area contributed by atoms with Crippen LogP contribution < -0.4 is 0 Å². The minimum Gasteiger partial charge on any atom is -0.394 e. The van der Waals surface area contributed by atoms with Crippen LogP contribution in [0.4, 0.5) is 0 Å². The first-order valence-electron chi connectivity index (χ1n) is 13.7. The number of carbonyl (C=O) groups is 3. The van der Waals surface area contributed by atoms with Crippen molar-refractivity contribution in [1.82, 2.24) is 14.7 Å². The predicted octanol–water partition coefficient (Wildman–Crippen LogP) is 3.33. The second-order valence-corrected chi connectivity index (χ2v) is 15.1. The molecule has 0 aromatic heterocycles. The Labute approximate surface area is 226 Å². The van der Waals surface area contributed by atoms with E-state index in [1.807, 2.05) is 17.1 Å². The van der Waals surface area contributed by atoms with Gasteiger partial charge in [0.1, 0.15) is 6.04 Å². The van der Waals surface area contributed by atoms with Crippen LogP contribution in [0.25, 0.3) is 0 Å². The molecule has 4 rings (SSSR count). The lowest BCUT2D eigenvalue weighted by Crippen LogP contribution is -2.60. The Balaban J connectivity index is 1.86. The third-order valence-electron chi connectivity index (χ3n) is 8.34. The first-order valence-corrected chi connectivity index (χ1v) is 14.5. The Morgan fingerprint density at radius 1 is 1.05 bits per heavy atom. The molecule has 206 valence electrons. The molecule has 37 heavy (non-hydrogen) atoms. The van der Waals surface area contributed by atoms with E-state index in [2.05, 4.69) is 60.6 Å². The number of likely N-dealkylation sites (N-methyl/N-ethyl adjacent to an activating group) is 1. The summed E-state index contributed by atoms with van der Waals surface area (Å²) in [5.74, 6) is -1.23. The number of carbonyl (C=O) groups excluding carboxylic acids is 3. The lowest BCUT2D eigenvalue weighted by molar-refractivity contribution is -0.149. The van der Waals surface area contributed by atoms with E-state index in [1.54, 1.807) is 28.6 Å². The average Bonchev–Trinajstić information content (AvgIpc) is 3.09. The minimum atomic E-state index is -0.849. The van der Waals surface area contributed by atoms with Gasteiger partial charge in [-0.2, -0.15) is 0 Å². The molecule has 6 atom stereocenters. The number of hydrogen-bond acceptors (Lipinski definition) is 5. The van der Waals surface area contributed by atoms with Gasteiger partial charge in [0.15, 0.2) is 0 Å². The van der Waals surface area contributed by atoms with Gasteiger partial charge in [-0.15, -0.1) is 11.8 Å². The van der Waals surface area contributed by atoms with Crippen LogP contribution in [0.5, 0.6) is 0 Å². The van der Waals surface area contributed by atoms with E-state index in [0.29, 0.717) is 19.5 Å². The Bertz CT molecular complexity index is 1000. The number of aliphatic hydroxyl groups excluding tert-OH is 1. The van der Waals surface area contributed by atoms with Crippen LogP contribution in [0.1, 0.15) is 61.3 Å². The predicted molar refractivity (Wildman–Crippen MR) is 148 cm³/mol. The fourth-order valence-electron chi connectivity index (χ4n) is 7.35. The van der Waals surface area contributed by atoms with Crippen LogP contribution in [-0.2, 0) is 14.4 Å². The smallest absolute Gasteiger partial charge is 0.247 e. The number of hydrogen-bond donors (Lipinski definition) is 1. The molecule has 0 radical (unpaired) electrons. The van der Waals surface area contributed by atoms with Crippen molar-refractivity contribution < 1.29 is 19.5 Å². The van der Waals surface area contributed by atoms with Gasteiger partial charge in [-0.3, -0.25) is 14.4 Å². The lowest BCUT2D eigenvalue weighted by atomic mass is 9.77. The molecule has 0 saturated carbocycles. The molecule has 1 unspecified atom stereocenters. The summed E-state index contributed by atoms with van der Waals surface area (Å²) in [6.45, 7) is 15.6. The molecule has 0 aromatic rings. The van der Waals surface area contributed by atoms with Gasteiger partial charge in [-0.05, 0) is 38.0 Å². The molecular weight excluding hydrogens is 486 g/mol. The van der Waals surface area contributed by atoms with Gasteiger partial charge >= 0.3 is 0 Å². The van der Waals surface area contributed by atoms with Crippen LogP contribution in [0.15, 0.2) is 24.3 Å². The monoisotopic (exact) mass is 531 g/mol. The summed E-state index contributed by atoms with van der Waals surface area (Å²) >= 11 is 1.60. The highest BCUT2D eigenvalue weighted by molar-refractivity contribution is 8.02. The second-order valence-electron chi connectivity index (χ2n) is 13.6. The Morgan fingerprint density at radius 3 is 2.32 bits per heavy atom. The van der Waals surface area contributed by atoms with Crippen molar-refractivity contribution in [3.8, 4) is 0 Å². The van der Waals surface area contributed by atoms with Crippen LogP contribution in [0, 0.1) is 23.2 Å². The minimum absolute atomic E-state index is 0.00752. The van der Waals surface area contributed by atoms with Crippen molar-refractivity contribution in [3.05, 3.63) is 24.3 Å². The van der Waals surface area contributed by atoms with Crippen molar-refractivity contribution in [2.45, 2.75) is 88.9 Å².